The van der Waals surface area contributed by atoms with Gasteiger partial charge in [-0.05, 0) is 31.9 Å². The standard InChI is InChI=1S/C15H18N2O2S/c1-2-19-15(18)13(12-9-6-10-16-12)14(20)17-11-7-4-3-5-8-11/h3-5,7-8,16H,2,6,9-10H2,1H3,(H,17,20)/b13-12-. The molecule has 0 saturated carbocycles. The highest BCUT2D eigenvalue weighted by Gasteiger charge is 2.23. The highest BCUT2D eigenvalue weighted by atomic mass is 32.1. The van der Waals surface area contributed by atoms with Crippen molar-refractivity contribution in [3.8, 4) is 0 Å². The van der Waals surface area contributed by atoms with E-state index in [1.54, 1.807) is 6.92 Å². The molecule has 1 aromatic carbocycles. The number of thiocarbonyl (C=S) groups is 1. The molecule has 1 heterocycles. The zero-order chi connectivity index (χ0) is 14.4. The second-order valence-electron chi connectivity index (χ2n) is 4.42. The molecule has 0 amide bonds. The van der Waals surface area contributed by atoms with Gasteiger partial charge in [-0.1, -0.05) is 30.4 Å². The fraction of sp³-hybridized carbons (Fsp3) is 0.333. The topological polar surface area (TPSA) is 50.4 Å². The van der Waals surface area contributed by atoms with Gasteiger partial charge >= 0.3 is 5.97 Å². The molecule has 20 heavy (non-hydrogen) atoms. The van der Waals surface area contributed by atoms with Crippen molar-refractivity contribution in [3.63, 3.8) is 0 Å². The third-order valence-electron chi connectivity index (χ3n) is 2.98. The van der Waals surface area contributed by atoms with Crippen LogP contribution in [-0.2, 0) is 9.53 Å². The van der Waals surface area contributed by atoms with Crippen molar-refractivity contribution in [2.75, 3.05) is 18.5 Å². The normalized spacial score (nSPS) is 16.2. The van der Waals surface area contributed by atoms with Crippen LogP contribution in [-0.4, -0.2) is 24.1 Å². The second kappa shape index (κ2) is 7.05. The number of hydrogen-bond acceptors (Lipinski definition) is 4. The lowest BCUT2D eigenvalue weighted by Crippen LogP contribution is -2.25. The number of nitrogens with one attached hydrogen (secondary N) is 2. The lowest BCUT2D eigenvalue weighted by Gasteiger charge is -2.14. The van der Waals surface area contributed by atoms with Crippen molar-refractivity contribution < 1.29 is 9.53 Å². The van der Waals surface area contributed by atoms with Gasteiger partial charge in [-0.2, -0.15) is 0 Å². The largest absolute Gasteiger partial charge is 0.462 e. The van der Waals surface area contributed by atoms with Gasteiger partial charge in [-0.25, -0.2) is 4.79 Å². The Morgan fingerprint density at radius 1 is 1.40 bits per heavy atom. The number of hydrogen-bond donors (Lipinski definition) is 2. The third-order valence-corrected chi connectivity index (χ3v) is 3.29. The van der Waals surface area contributed by atoms with Crippen molar-refractivity contribution in [2.24, 2.45) is 0 Å². The Morgan fingerprint density at radius 3 is 2.75 bits per heavy atom. The monoisotopic (exact) mass is 290 g/mol. The highest BCUT2D eigenvalue weighted by Crippen LogP contribution is 2.18. The van der Waals surface area contributed by atoms with Crippen LogP contribution in [0.5, 0.6) is 0 Å². The van der Waals surface area contributed by atoms with E-state index in [-0.39, 0.29) is 5.97 Å². The summed E-state index contributed by atoms with van der Waals surface area (Å²) in [4.78, 5) is 12.5. The predicted octanol–water partition coefficient (Wildman–Crippen LogP) is 2.63. The van der Waals surface area contributed by atoms with E-state index in [1.807, 2.05) is 30.3 Å². The number of carbonyl (C=O) groups excluding carboxylic acids is 1. The summed E-state index contributed by atoms with van der Waals surface area (Å²) >= 11 is 5.37. The van der Waals surface area contributed by atoms with Gasteiger partial charge in [-0.15, -0.1) is 0 Å². The van der Waals surface area contributed by atoms with Crippen LogP contribution >= 0.6 is 12.2 Å². The van der Waals surface area contributed by atoms with Crippen LogP contribution in [0.2, 0.25) is 0 Å². The molecule has 0 bridgehead atoms. The molecule has 1 aliphatic heterocycles. The van der Waals surface area contributed by atoms with Crippen molar-refractivity contribution >= 4 is 28.9 Å². The molecule has 1 saturated heterocycles. The Bertz CT molecular complexity index is 518. The van der Waals surface area contributed by atoms with Gasteiger partial charge in [0, 0.05) is 17.9 Å². The van der Waals surface area contributed by atoms with Crippen LogP contribution in [0.15, 0.2) is 41.6 Å². The number of anilines is 1. The summed E-state index contributed by atoms with van der Waals surface area (Å²) in [5.41, 5.74) is 2.18. The summed E-state index contributed by atoms with van der Waals surface area (Å²) in [6.45, 7) is 2.99. The maximum absolute atomic E-state index is 12.1. The van der Waals surface area contributed by atoms with Gasteiger partial charge in [-0.3, -0.25) is 0 Å². The van der Waals surface area contributed by atoms with Crippen LogP contribution in [0, 0.1) is 0 Å². The number of benzene rings is 1. The number of carbonyl (C=O) groups is 1. The van der Waals surface area contributed by atoms with E-state index >= 15 is 0 Å². The molecule has 0 unspecified atom stereocenters. The lowest BCUT2D eigenvalue weighted by atomic mass is 10.1. The maximum Gasteiger partial charge on any atom is 0.342 e. The minimum Gasteiger partial charge on any atom is -0.462 e. The molecule has 2 rings (SSSR count). The fourth-order valence-corrected chi connectivity index (χ4v) is 2.40. The zero-order valence-corrected chi connectivity index (χ0v) is 12.3. The van der Waals surface area contributed by atoms with Crippen molar-refractivity contribution in [2.45, 2.75) is 19.8 Å². The molecule has 0 aromatic heterocycles. The van der Waals surface area contributed by atoms with Crippen LogP contribution in [0.4, 0.5) is 5.69 Å². The molecule has 1 fully saturated rings. The van der Waals surface area contributed by atoms with E-state index in [0.717, 1.165) is 30.8 Å². The Kier molecular flexibility index (Phi) is 5.12. The highest BCUT2D eigenvalue weighted by molar-refractivity contribution is 7.81. The van der Waals surface area contributed by atoms with Crippen LogP contribution in [0.1, 0.15) is 19.8 Å². The van der Waals surface area contributed by atoms with E-state index in [2.05, 4.69) is 10.6 Å². The van der Waals surface area contributed by atoms with E-state index in [0.29, 0.717) is 17.2 Å². The Labute approximate surface area is 124 Å². The fourth-order valence-electron chi connectivity index (χ4n) is 2.08. The van der Waals surface area contributed by atoms with Crippen LogP contribution in [0.3, 0.4) is 0 Å². The first-order chi connectivity index (χ1) is 9.72. The molecule has 0 radical (unpaired) electrons. The van der Waals surface area contributed by atoms with Gasteiger partial charge in [0.05, 0.1) is 6.61 Å². The molecule has 106 valence electrons. The summed E-state index contributed by atoms with van der Waals surface area (Å²) in [5.74, 6) is -0.370. The number of allylic oxidation sites excluding steroid dienone is 1. The van der Waals surface area contributed by atoms with Crippen molar-refractivity contribution in [3.05, 3.63) is 41.6 Å². The summed E-state index contributed by atoms with van der Waals surface area (Å²) < 4.78 is 5.11. The summed E-state index contributed by atoms with van der Waals surface area (Å²) in [6, 6.07) is 9.56. The number of ether oxygens (including phenoxy) is 1. The second-order valence-corrected chi connectivity index (χ2v) is 4.83. The first kappa shape index (κ1) is 14.5. The van der Waals surface area contributed by atoms with Gasteiger partial charge in [0.25, 0.3) is 0 Å². The van der Waals surface area contributed by atoms with Crippen LogP contribution in [0.25, 0.3) is 0 Å². The lowest BCUT2D eigenvalue weighted by molar-refractivity contribution is -0.137. The quantitative estimate of drug-likeness (QED) is 0.507. The summed E-state index contributed by atoms with van der Waals surface area (Å²) in [6.07, 6.45) is 1.83. The Balaban J connectivity index is 2.20. The van der Waals surface area contributed by atoms with Gasteiger partial charge in [0.15, 0.2) is 0 Å². The molecular formula is C15H18N2O2S. The van der Waals surface area contributed by atoms with Crippen molar-refractivity contribution in [1.29, 1.82) is 0 Å². The Morgan fingerprint density at radius 2 is 2.15 bits per heavy atom. The minimum atomic E-state index is -0.370. The first-order valence-corrected chi connectivity index (χ1v) is 7.13. The number of esters is 1. The SMILES string of the molecule is CCOC(=O)/C(C(=S)Nc1ccccc1)=C1/CCCN1. The molecule has 0 aliphatic carbocycles. The molecule has 4 nitrogen and oxygen atoms in total. The first-order valence-electron chi connectivity index (χ1n) is 6.73. The summed E-state index contributed by atoms with van der Waals surface area (Å²) in [7, 11) is 0. The molecule has 1 aromatic rings. The van der Waals surface area contributed by atoms with E-state index < -0.39 is 0 Å². The van der Waals surface area contributed by atoms with E-state index in [1.165, 1.54) is 0 Å². The van der Waals surface area contributed by atoms with Gasteiger partial charge < -0.3 is 15.4 Å². The summed E-state index contributed by atoms with van der Waals surface area (Å²) in [5, 5.41) is 6.30. The minimum absolute atomic E-state index is 0.337. The molecule has 1 aliphatic rings. The zero-order valence-electron chi connectivity index (χ0n) is 11.4. The van der Waals surface area contributed by atoms with E-state index in [9.17, 15) is 4.79 Å². The molecule has 0 spiro atoms. The van der Waals surface area contributed by atoms with Gasteiger partial charge in [0.1, 0.15) is 10.6 Å². The molecular weight excluding hydrogens is 272 g/mol. The van der Waals surface area contributed by atoms with E-state index in [4.69, 9.17) is 17.0 Å². The average molecular weight is 290 g/mol. The van der Waals surface area contributed by atoms with Crippen molar-refractivity contribution in [1.82, 2.24) is 5.32 Å². The maximum atomic E-state index is 12.1. The third kappa shape index (κ3) is 3.57. The van der Waals surface area contributed by atoms with Gasteiger partial charge in [0.2, 0.25) is 0 Å². The molecule has 0 atom stereocenters. The smallest absolute Gasteiger partial charge is 0.342 e. The molecule has 2 N–H and O–H groups in total. The van der Waals surface area contributed by atoms with Crippen LogP contribution < -0.4 is 10.6 Å². The average Bonchev–Trinajstić information content (AvgIpc) is 2.94. The number of rotatable bonds is 4. The number of para-hydroxylation sites is 1. The Hall–Kier alpha value is -1.88. The predicted molar refractivity (Wildman–Crippen MR) is 83.6 cm³/mol. The molecule has 5 heteroatoms.